The molecule has 0 aliphatic carbocycles. The summed E-state index contributed by atoms with van der Waals surface area (Å²) < 4.78 is 35.5. The molecule has 1 rings (SSSR count). The van der Waals surface area contributed by atoms with Gasteiger partial charge in [-0.25, -0.2) is 0 Å². The first-order valence-corrected chi connectivity index (χ1v) is 5.57. The molecule has 1 aliphatic rings. The summed E-state index contributed by atoms with van der Waals surface area (Å²) in [6.07, 6.45) is -4.71. The van der Waals surface area contributed by atoms with Crippen LogP contribution in [0.25, 0.3) is 0 Å². The van der Waals surface area contributed by atoms with E-state index in [0.717, 1.165) is 13.0 Å². The third kappa shape index (κ3) is 5.88. The number of amides is 1. The first-order valence-electron chi connectivity index (χ1n) is 5.57. The van der Waals surface area contributed by atoms with Crippen molar-refractivity contribution in [3.05, 3.63) is 0 Å². The lowest BCUT2D eigenvalue weighted by atomic mass is 9.94. The molecule has 0 aromatic carbocycles. The summed E-state index contributed by atoms with van der Waals surface area (Å²) in [4.78, 5) is 11.1. The number of rotatable bonds is 4. The quantitative estimate of drug-likeness (QED) is 0.687. The number of hydrogen-bond donors (Lipinski definition) is 3. The minimum Gasteiger partial charge on any atom is -0.387 e. The van der Waals surface area contributed by atoms with E-state index in [-0.39, 0.29) is 6.54 Å². The molecule has 100 valence electrons. The van der Waals surface area contributed by atoms with Crippen molar-refractivity contribution in [1.82, 2.24) is 10.6 Å². The average Bonchev–Trinajstić information content (AvgIpc) is 2.24. The van der Waals surface area contributed by atoms with E-state index in [2.05, 4.69) is 10.6 Å². The van der Waals surface area contributed by atoms with Gasteiger partial charge in [0.2, 0.25) is 5.91 Å². The highest BCUT2D eigenvalue weighted by atomic mass is 19.4. The van der Waals surface area contributed by atoms with Crippen LogP contribution in [0, 0.1) is 0 Å². The molecule has 0 bridgehead atoms. The molecule has 0 aromatic heterocycles. The van der Waals surface area contributed by atoms with Crippen LogP contribution < -0.4 is 10.6 Å². The van der Waals surface area contributed by atoms with Gasteiger partial charge in [-0.3, -0.25) is 4.79 Å². The summed E-state index contributed by atoms with van der Waals surface area (Å²) in [5.74, 6) is -0.679. The summed E-state index contributed by atoms with van der Waals surface area (Å²) in [6.45, 7) is 1.16. The summed E-state index contributed by atoms with van der Waals surface area (Å²) in [7, 11) is 0. The Labute approximate surface area is 97.6 Å². The largest absolute Gasteiger partial charge is 0.389 e. The maximum absolute atomic E-state index is 11.8. The van der Waals surface area contributed by atoms with Crippen molar-refractivity contribution >= 4 is 5.91 Å². The van der Waals surface area contributed by atoms with Gasteiger partial charge in [-0.2, -0.15) is 13.2 Å². The first kappa shape index (κ1) is 14.2. The Balaban J connectivity index is 2.23. The van der Waals surface area contributed by atoms with Crippen LogP contribution in [0.15, 0.2) is 0 Å². The van der Waals surface area contributed by atoms with Crippen LogP contribution in [0.5, 0.6) is 0 Å². The van der Waals surface area contributed by atoms with E-state index >= 15 is 0 Å². The molecule has 7 heteroatoms. The van der Waals surface area contributed by atoms with E-state index in [9.17, 15) is 23.1 Å². The van der Waals surface area contributed by atoms with Gasteiger partial charge in [0.05, 0.1) is 12.0 Å². The maximum atomic E-state index is 11.8. The van der Waals surface area contributed by atoms with Crippen molar-refractivity contribution in [1.29, 1.82) is 0 Å². The Hall–Kier alpha value is -0.820. The van der Waals surface area contributed by atoms with Crippen LogP contribution in [0.3, 0.4) is 0 Å². The molecule has 17 heavy (non-hydrogen) atoms. The molecule has 0 unspecified atom stereocenters. The molecule has 0 saturated carbocycles. The van der Waals surface area contributed by atoms with E-state index in [4.69, 9.17) is 0 Å². The molecule has 4 nitrogen and oxygen atoms in total. The smallest absolute Gasteiger partial charge is 0.387 e. The van der Waals surface area contributed by atoms with Crippen LogP contribution in [-0.4, -0.2) is 42.4 Å². The summed E-state index contributed by atoms with van der Waals surface area (Å²) in [5.41, 5.74) is -1.04. The lowest BCUT2D eigenvalue weighted by Gasteiger charge is -2.32. The summed E-state index contributed by atoms with van der Waals surface area (Å²) in [6, 6.07) is 0. The molecule has 0 spiro atoms. The second kappa shape index (κ2) is 5.68. The van der Waals surface area contributed by atoms with Crippen molar-refractivity contribution in [2.24, 2.45) is 0 Å². The normalized spacial score (nSPS) is 25.6. The average molecular weight is 254 g/mol. The number of carbonyl (C=O) groups excluding carboxylic acids is 1. The molecule has 1 heterocycles. The zero-order chi connectivity index (χ0) is 12.9. The van der Waals surface area contributed by atoms with Gasteiger partial charge in [0.1, 0.15) is 0 Å². The summed E-state index contributed by atoms with van der Waals surface area (Å²) >= 11 is 0. The molecule has 0 radical (unpaired) electrons. The van der Waals surface area contributed by atoms with Gasteiger partial charge in [0, 0.05) is 19.5 Å². The van der Waals surface area contributed by atoms with E-state index in [1.165, 1.54) is 0 Å². The van der Waals surface area contributed by atoms with E-state index in [0.29, 0.717) is 13.0 Å². The summed E-state index contributed by atoms with van der Waals surface area (Å²) in [5, 5.41) is 15.3. The van der Waals surface area contributed by atoms with Crippen LogP contribution >= 0.6 is 0 Å². The monoisotopic (exact) mass is 254 g/mol. The lowest BCUT2D eigenvalue weighted by molar-refractivity contribution is -0.144. The van der Waals surface area contributed by atoms with Crippen LogP contribution in [0.2, 0.25) is 0 Å². The number of alkyl halides is 3. The molecule has 3 N–H and O–H groups in total. The fourth-order valence-corrected chi connectivity index (χ4v) is 1.71. The number of carbonyl (C=O) groups is 1. The Morgan fingerprint density at radius 2 is 2.18 bits per heavy atom. The molecule has 1 fully saturated rings. The molecule has 1 saturated heterocycles. The van der Waals surface area contributed by atoms with Gasteiger partial charge in [0.25, 0.3) is 0 Å². The number of nitrogens with one attached hydrogen (secondary N) is 2. The third-order valence-electron chi connectivity index (χ3n) is 2.70. The third-order valence-corrected chi connectivity index (χ3v) is 2.70. The van der Waals surface area contributed by atoms with E-state index < -0.39 is 30.5 Å². The van der Waals surface area contributed by atoms with Crippen LogP contribution in [-0.2, 0) is 4.79 Å². The number of halogens is 3. The Morgan fingerprint density at radius 1 is 1.47 bits per heavy atom. The maximum Gasteiger partial charge on any atom is 0.389 e. The highest BCUT2D eigenvalue weighted by Gasteiger charge is 2.31. The molecule has 1 atom stereocenters. The topological polar surface area (TPSA) is 61.4 Å². The van der Waals surface area contributed by atoms with Crippen LogP contribution in [0.4, 0.5) is 13.2 Å². The van der Waals surface area contributed by atoms with Gasteiger partial charge >= 0.3 is 6.18 Å². The van der Waals surface area contributed by atoms with Crippen molar-refractivity contribution in [3.63, 3.8) is 0 Å². The number of β-amino-alcohol motifs (C(OH)–C–C–N with tert-alkyl or cyclic N) is 1. The fourth-order valence-electron chi connectivity index (χ4n) is 1.71. The molecule has 1 amide bonds. The van der Waals surface area contributed by atoms with E-state index in [1.54, 1.807) is 0 Å². The Bertz CT molecular complexity index is 263. The second-order valence-electron chi connectivity index (χ2n) is 4.40. The van der Waals surface area contributed by atoms with E-state index in [1.807, 2.05) is 0 Å². The van der Waals surface area contributed by atoms with Gasteiger partial charge in [-0.15, -0.1) is 0 Å². The van der Waals surface area contributed by atoms with Gasteiger partial charge < -0.3 is 15.7 Å². The predicted molar refractivity (Wildman–Crippen MR) is 55.4 cm³/mol. The minimum absolute atomic E-state index is 0.00328. The SMILES string of the molecule is O=C(CCC(F)(F)F)NC[C@@]1(O)CCCNC1. The standard InChI is InChI=1S/C10H17F3N2O2/c11-10(12,13)4-2-8(16)15-7-9(17)3-1-5-14-6-9/h14,17H,1-7H2,(H,15,16)/t9-/m1/s1. The van der Waals surface area contributed by atoms with Gasteiger partial charge in [-0.1, -0.05) is 0 Å². The zero-order valence-corrected chi connectivity index (χ0v) is 9.44. The highest BCUT2D eigenvalue weighted by molar-refractivity contribution is 5.75. The van der Waals surface area contributed by atoms with Crippen LogP contribution in [0.1, 0.15) is 25.7 Å². The van der Waals surface area contributed by atoms with Crippen molar-refractivity contribution < 1.29 is 23.1 Å². The predicted octanol–water partition coefficient (Wildman–Crippen LogP) is 0.560. The Kier molecular flexibility index (Phi) is 4.76. The fraction of sp³-hybridized carbons (Fsp3) is 0.900. The minimum atomic E-state index is -4.32. The molecular weight excluding hydrogens is 237 g/mol. The number of hydrogen-bond acceptors (Lipinski definition) is 3. The second-order valence-corrected chi connectivity index (χ2v) is 4.40. The molecular formula is C10H17F3N2O2. The number of aliphatic hydroxyl groups is 1. The number of piperidine rings is 1. The van der Waals surface area contributed by atoms with Gasteiger partial charge in [0.15, 0.2) is 0 Å². The highest BCUT2D eigenvalue weighted by Crippen LogP contribution is 2.21. The lowest BCUT2D eigenvalue weighted by Crippen LogP contribution is -2.52. The first-order chi connectivity index (χ1) is 7.81. The zero-order valence-electron chi connectivity index (χ0n) is 9.44. The van der Waals surface area contributed by atoms with Crippen molar-refractivity contribution in [3.8, 4) is 0 Å². The van der Waals surface area contributed by atoms with Gasteiger partial charge in [-0.05, 0) is 19.4 Å². The van der Waals surface area contributed by atoms with Crippen molar-refractivity contribution in [2.45, 2.75) is 37.5 Å². The van der Waals surface area contributed by atoms with Crippen molar-refractivity contribution in [2.75, 3.05) is 19.6 Å². The molecule has 1 aliphatic heterocycles. The Morgan fingerprint density at radius 3 is 2.71 bits per heavy atom. The molecule has 0 aromatic rings.